The molecule has 7 nitrogen and oxygen atoms in total. The molecule has 0 saturated heterocycles. The van der Waals surface area contributed by atoms with Crippen molar-refractivity contribution in [3.05, 3.63) is 96.8 Å². The summed E-state index contributed by atoms with van der Waals surface area (Å²) in [5, 5.41) is 3.71. The molecule has 5 rings (SSSR count). The number of anilines is 1. The molecule has 0 aliphatic carbocycles. The number of fused-ring (bicyclic) bond motifs is 1. The lowest BCUT2D eigenvalue weighted by molar-refractivity contribution is 0.0998. The van der Waals surface area contributed by atoms with Crippen LogP contribution in [0.3, 0.4) is 0 Å². The average Bonchev–Trinajstić information content (AvgIpc) is 3.45. The van der Waals surface area contributed by atoms with E-state index < -0.39 is 0 Å². The van der Waals surface area contributed by atoms with Crippen LogP contribution >= 0.6 is 0 Å². The zero-order valence-corrected chi connectivity index (χ0v) is 16.6. The number of aromatic nitrogens is 3. The van der Waals surface area contributed by atoms with Crippen molar-refractivity contribution in [3.8, 4) is 17.4 Å². The van der Waals surface area contributed by atoms with Gasteiger partial charge in [-0.3, -0.25) is 4.79 Å². The van der Waals surface area contributed by atoms with Crippen molar-refractivity contribution in [3.63, 3.8) is 0 Å². The molecule has 1 amide bonds. The summed E-state index contributed by atoms with van der Waals surface area (Å²) in [6.07, 6.45) is 3.82. The Morgan fingerprint density at radius 1 is 0.968 bits per heavy atom. The average molecular weight is 410 g/mol. The lowest BCUT2D eigenvalue weighted by atomic mass is 10.2. The fourth-order valence-corrected chi connectivity index (χ4v) is 3.21. The van der Waals surface area contributed by atoms with Crippen molar-refractivity contribution in [1.29, 1.82) is 0 Å². The lowest BCUT2D eigenvalue weighted by Crippen LogP contribution is -2.10. The van der Waals surface area contributed by atoms with Crippen LogP contribution in [0.2, 0.25) is 0 Å². The van der Waals surface area contributed by atoms with Crippen molar-refractivity contribution in [2.75, 3.05) is 5.32 Å². The maximum atomic E-state index is 12.5. The second kappa shape index (κ2) is 7.79. The first kappa shape index (κ1) is 18.6. The van der Waals surface area contributed by atoms with Gasteiger partial charge in [0, 0.05) is 29.5 Å². The van der Waals surface area contributed by atoms with E-state index in [9.17, 15) is 4.79 Å². The number of hydrogen-bond acceptors (Lipinski definition) is 5. The SMILES string of the molecule is Cc1nc(Oc2ccc(NC(=O)c3cc4ccccc4o3)cc2)cc(-n2cccc2)n1. The molecule has 0 bridgehead atoms. The smallest absolute Gasteiger partial charge is 0.291 e. The Morgan fingerprint density at radius 2 is 1.74 bits per heavy atom. The minimum Gasteiger partial charge on any atom is -0.451 e. The van der Waals surface area contributed by atoms with Gasteiger partial charge in [-0.25, -0.2) is 4.98 Å². The maximum Gasteiger partial charge on any atom is 0.291 e. The Morgan fingerprint density at radius 3 is 2.52 bits per heavy atom. The summed E-state index contributed by atoms with van der Waals surface area (Å²) in [6.45, 7) is 1.82. The Bertz CT molecular complexity index is 1320. The normalized spacial score (nSPS) is 10.9. The molecular weight excluding hydrogens is 392 g/mol. The first-order valence-corrected chi connectivity index (χ1v) is 9.71. The van der Waals surface area contributed by atoms with E-state index in [1.807, 2.05) is 60.3 Å². The van der Waals surface area contributed by atoms with E-state index in [1.165, 1.54) is 0 Å². The molecule has 3 heterocycles. The van der Waals surface area contributed by atoms with E-state index in [4.69, 9.17) is 9.15 Å². The zero-order chi connectivity index (χ0) is 21.2. The minimum absolute atomic E-state index is 0.260. The third-order valence-electron chi connectivity index (χ3n) is 4.65. The summed E-state index contributed by atoms with van der Waals surface area (Å²) >= 11 is 0. The summed E-state index contributed by atoms with van der Waals surface area (Å²) in [5.74, 6) is 2.31. The second-order valence-corrected chi connectivity index (χ2v) is 6.93. The predicted molar refractivity (Wildman–Crippen MR) is 117 cm³/mol. The van der Waals surface area contributed by atoms with Crippen LogP contribution in [0.15, 0.2) is 89.6 Å². The summed E-state index contributed by atoms with van der Waals surface area (Å²) in [5.41, 5.74) is 1.31. The molecule has 0 unspecified atom stereocenters. The van der Waals surface area contributed by atoms with E-state index >= 15 is 0 Å². The predicted octanol–water partition coefficient (Wildman–Crippen LogP) is 5.37. The number of carbonyl (C=O) groups is 1. The lowest BCUT2D eigenvalue weighted by Gasteiger charge is -2.09. The van der Waals surface area contributed by atoms with E-state index in [0.29, 0.717) is 28.7 Å². The summed E-state index contributed by atoms with van der Waals surface area (Å²) in [7, 11) is 0. The third kappa shape index (κ3) is 4.02. The van der Waals surface area contributed by atoms with Crippen LogP contribution in [0.25, 0.3) is 16.8 Å². The highest BCUT2D eigenvalue weighted by Gasteiger charge is 2.12. The van der Waals surface area contributed by atoms with Crippen LogP contribution in [0.5, 0.6) is 11.6 Å². The fraction of sp³-hybridized carbons (Fsp3) is 0.0417. The van der Waals surface area contributed by atoms with Gasteiger partial charge in [0.2, 0.25) is 5.88 Å². The van der Waals surface area contributed by atoms with Crippen molar-refractivity contribution >= 4 is 22.6 Å². The third-order valence-corrected chi connectivity index (χ3v) is 4.65. The Hall–Kier alpha value is -4.39. The topological polar surface area (TPSA) is 82.2 Å². The van der Waals surface area contributed by atoms with Crippen LogP contribution < -0.4 is 10.1 Å². The van der Waals surface area contributed by atoms with E-state index in [2.05, 4.69) is 15.3 Å². The molecule has 1 N–H and O–H groups in total. The number of ether oxygens (including phenoxy) is 1. The fourth-order valence-electron chi connectivity index (χ4n) is 3.21. The van der Waals surface area contributed by atoms with Gasteiger partial charge in [-0.15, -0.1) is 0 Å². The first-order valence-electron chi connectivity index (χ1n) is 9.71. The zero-order valence-electron chi connectivity index (χ0n) is 16.6. The minimum atomic E-state index is -0.312. The highest BCUT2D eigenvalue weighted by Crippen LogP contribution is 2.24. The van der Waals surface area contributed by atoms with Gasteiger partial charge in [0.1, 0.15) is 23.0 Å². The molecule has 0 fully saturated rings. The van der Waals surface area contributed by atoms with Gasteiger partial charge in [0.15, 0.2) is 5.76 Å². The number of amides is 1. The number of para-hydroxylation sites is 1. The molecule has 5 aromatic rings. The van der Waals surface area contributed by atoms with Crippen molar-refractivity contribution in [2.24, 2.45) is 0 Å². The second-order valence-electron chi connectivity index (χ2n) is 6.93. The molecule has 0 aliphatic heterocycles. The van der Waals surface area contributed by atoms with Crippen molar-refractivity contribution in [2.45, 2.75) is 6.92 Å². The standard InChI is InChI=1S/C24H18N4O3/c1-16-25-22(28-12-4-5-13-28)15-23(26-16)30-19-10-8-18(9-11-19)27-24(29)21-14-17-6-2-3-7-20(17)31-21/h2-15H,1H3,(H,27,29). The first-order chi connectivity index (χ1) is 15.1. The molecule has 152 valence electrons. The number of nitrogens with one attached hydrogen (secondary N) is 1. The number of nitrogens with zero attached hydrogens (tertiary/aromatic N) is 3. The molecule has 0 spiro atoms. The molecule has 0 aliphatic rings. The van der Waals surface area contributed by atoms with Crippen LogP contribution in [-0.2, 0) is 0 Å². The summed E-state index contributed by atoms with van der Waals surface area (Å²) in [6, 6.07) is 21.9. The van der Waals surface area contributed by atoms with Gasteiger partial charge in [-0.1, -0.05) is 18.2 Å². The van der Waals surface area contributed by atoms with Gasteiger partial charge in [-0.05, 0) is 55.5 Å². The number of carbonyl (C=O) groups excluding carboxylic acids is 1. The molecule has 2 aromatic carbocycles. The highest BCUT2D eigenvalue weighted by atomic mass is 16.5. The number of hydrogen-bond donors (Lipinski definition) is 1. The Balaban J connectivity index is 1.29. The quantitative estimate of drug-likeness (QED) is 0.421. The van der Waals surface area contributed by atoms with Gasteiger partial charge < -0.3 is 19.0 Å². The van der Waals surface area contributed by atoms with E-state index in [-0.39, 0.29) is 11.7 Å². The molecule has 0 radical (unpaired) electrons. The molecule has 31 heavy (non-hydrogen) atoms. The number of furan rings is 1. The van der Waals surface area contributed by atoms with Crippen molar-refractivity contribution in [1.82, 2.24) is 14.5 Å². The molecular formula is C24H18N4O3. The number of rotatable bonds is 5. The van der Waals surface area contributed by atoms with Gasteiger partial charge >= 0.3 is 0 Å². The van der Waals surface area contributed by atoms with Crippen LogP contribution in [0.1, 0.15) is 16.4 Å². The monoisotopic (exact) mass is 410 g/mol. The Kier molecular flexibility index (Phi) is 4.68. The van der Waals surface area contributed by atoms with Crippen LogP contribution in [-0.4, -0.2) is 20.4 Å². The largest absolute Gasteiger partial charge is 0.451 e. The van der Waals surface area contributed by atoms with Crippen LogP contribution in [0.4, 0.5) is 5.69 Å². The van der Waals surface area contributed by atoms with E-state index in [0.717, 1.165) is 11.2 Å². The van der Waals surface area contributed by atoms with Gasteiger partial charge in [0.05, 0.1) is 0 Å². The molecule has 0 saturated carbocycles. The van der Waals surface area contributed by atoms with Gasteiger partial charge in [-0.2, -0.15) is 4.98 Å². The molecule has 7 heteroatoms. The number of benzene rings is 2. The molecule has 0 atom stereocenters. The maximum absolute atomic E-state index is 12.5. The molecule has 3 aromatic heterocycles. The van der Waals surface area contributed by atoms with E-state index in [1.54, 1.807) is 36.4 Å². The summed E-state index contributed by atoms with van der Waals surface area (Å²) < 4.78 is 13.4. The van der Waals surface area contributed by atoms with Gasteiger partial charge in [0.25, 0.3) is 5.91 Å². The summed E-state index contributed by atoms with van der Waals surface area (Å²) in [4.78, 5) is 21.3. The Labute approximate surface area is 177 Å². The number of aryl methyl sites for hydroxylation is 1. The van der Waals surface area contributed by atoms with Crippen molar-refractivity contribution < 1.29 is 13.9 Å². The van der Waals surface area contributed by atoms with Crippen LogP contribution in [0, 0.1) is 6.92 Å². The highest BCUT2D eigenvalue weighted by molar-refractivity contribution is 6.04.